The molecule has 0 saturated carbocycles. The Hall–Kier alpha value is -6.59. The molecule has 0 fully saturated rings. The Bertz CT molecular complexity index is 3010. The van der Waals surface area contributed by atoms with E-state index in [1.807, 2.05) is 12.1 Å². The van der Waals surface area contributed by atoms with Crippen molar-refractivity contribution in [1.82, 2.24) is 15.0 Å². The van der Waals surface area contributed by atoms with Crippen LogP contribution < -0.4 is 0 Å². The largest absolute Gasteiger partial charge is 0.465 e. The van der Waals surface area contributed by atoms with E-state index < -0.39 is 0 Å². The van der Waals surface area contributed by atoms with Crippen LogP contribution in [0, 0.1) is 5.92 Å². The Balaban J connectivity index is 1.13. The monoisotopic (exact) mass is 725 g/mol. The van der Waals surface area contributed by atoms with Gasteiger partial charge in [-0.05, 0) is 70.5 Å². The van der Waals surface area contributed by atoms with Crippen molar-refractivity contribution in [3.63, 3.8) is 0 Å². The topological polar surface area (TPSA) is 65.0 Å². The lowest BCUT2D eigenvalue weighted by Crippen LogP contribution is -2.20. The molecule has 0 aliphatic heterocycles. The third-order valence-electron chi connectivity index (χ3n) is 11.9. The molecule has 0 radical (unpaired) electrons. The van der Waals surface area contributed by atoms with Crippen LogP contribution in [0.15, 0.2) is 148 Å². The van der Waals surface area contributed by atoms with Crippen molar-refractivity contribution in [3.05, 3.63) is 179 Å². The van der Waals surface area contributed by atoms with Gasteiger partial charge in [0.25, 0.3) is 0 Å². The van der Waals surface area contributed by atoms with Gasteiger partial charge >= 0.3 is 0 Å². The van der Waals surface area contributed by atoms with Gasteiger partial charge in [0.15, 0.2) is 17.5 Å². The van der Waals surface area contributed by atoms with Gasteiger partial charge in [-0.15, -0.1) is 0 Å². The zero-order valence-electron chi connectivity index (χ0n) is 31.4. The van der Waals surface area contributed by atoms with Crippen LogP contribution in [-0.4, -0.2) is 15.0 Å². The molecule has 0 saturated heterocycles. The van der Waals surface area contributed by atoms with E-state index in [1.165, 1.54) is 27.6 Å². The number of hydrogen-bond acceptors (Lipinski definition) is 5. The molecule has 5 aromatic carbocycles. The summed E-state index contributed by atoms with van der Waals surface area (Å²) in [5, 5.41) is 4.34. The Kier molecular flexibility index (Phi) is 7.46. The highest BCUT2D eigenvalue weighted by atomic mass is 16.3. The lowest BCUT2D eigenvalue weighted by molar-refractivity contribution is 0.445. The van der Waals surface area contributed by atoms with Crippen molar-refractivity contribution >= 4 is 49.9 Å². The molecular formula is C51H39N3O2. The SMILES string of the molecule is CC1C=Cc2c(oc3c2C(c2cc(-c4nc(C5=CCC(C)(c6ccccc6)C=C5)nc(-c5ccc6ccccc6c5)n4)c4c(c2)oc2ccccc24)=CCC3)C1. The molecule has 0 bridgehead atoms. The van der Waals surface area contributed by atoms with Gasteiger partial charge in [-0.2, -0.15) is 0 Å². The van der Waals surface area contributed by atoms with Crippen molar-refractivity contribution in [2.24, 2.45) is 5.92 Å². The number of benzene rings is 5. The second-order valence-corrected chi connectivity index (χ2v) is 15.8. The van der Waals surface area contributed by atoms with E-state index in [-0.39, 0.29) is 5.41 Å². The van der Waals surface area contributed by atoms with Crippen molar-refractivity contribution in [1.29, 1.82) is 0 Å². The number of allylic oxidation sites excluding steroid dienone is 6. The van der Waals surface area contributed by atoms with Crippen LogP contribution in [-0.2, 0) is 18.3 Å². The molecule has 3 aliphatic carbocycles. The van der Waals surface area contributed by atoms with E-state index in [2.05, 4.69) is 147 Å². The first-order valence-corrected chi connectivity index (χ1v) is 19.7. The van der Waals surface area contributed by atoms with Crippen LogP contribution in [0.2, 0.25) is 0 Å². The molecular weight excluding hydrogens is 687 g/mol. The number of aromatic nitrogens is 3. The van der Waals surface area contributed by atoms with Gasteiger partial charge in [0.2, 0.25) is 0 Å². The average Bonchev–Trinajstić information content (AvgIpc) is 3.81. The Labute approximate surface area is 325 Å². The number of para-hydroxylation sites is 1. The molecule has 56 heavy (non-hydrogen) atoms. The first-order valence-electron chi connectivity index (χ1n) is 19.7. The average molecular weight is 726 g/mol. The van der Waals surface area contributed by atoms with Crippen LogP contribution in [0.1, 0.15) is 66.3 Å². The summed E-state index contributed by atoms with van der Waals surface area (Å²) < 4.78 is 13.2. The predicted octanol–water partition coefficient (Wildman–Crippen LogP) is 12.7. The fraction of sp³-hybridized carbons (Fsp3) is 0.157. The van der Waals surface area contributed by atoms with Crippen molar-refractivity contribution in [2.45, 2.75) is 44.9 Å². The molecule has 5 nitrogen and oxygen atoms in total. The second kappa shape index (κ2) is 12.7. The fourth-order valence-corrected chi connectivity index (χ4v) is 8.88. The van der Waals surface area contributed by atoms with Crippen molar-refractivity contribution < 1.29 is 8.83 Å². The molecule has 270 valence electrons. The standard InChI is InChI=1S/C51H39N3O2/c1-31-19-22-40-44(27-31)56-43-18-10-16-38(46(40)43)36-29-41(47-39-15-8-9-17-42(39)55-45(47)30-36)50-53-48(33-23-25-51(2,26-24-33)37-13-4-3-5-14-37)52-49(54-50)35-21-20-32-11-6-7-12-34(32)28-35/h3-9,11-17,19-25,28-31H,10,18,26-27H2,1-2H3. The second-order valence-electron chi connectivity index (χ2n) is 15.8. The van der Waals surface area contributed by atoms with E-state index >= 15 is 0 Å². The van der Waals surface area contributed by atoms with Crippen LogP contribution in [0.3, 0.4) is 0 Å². The third kappa shape index (κ3) is 5.41. The van der Waals surface area contributed by atoms with Gasteiger partial charge in [-0.3, -0.25) is 0 Å². The quantitative estimate of drug-likeness (QED) is 0.177. The van der Waals surface area contributed by atoms with Crippen LogP contribution >= 0.6 is 0 Å². The van der Waals surface area contributed by atoms with Gasteiger partial charge in [0.1, 0.15) is 22.7 Å². The summed E-state index contributed by atoms with van der Waals surface area (Å²) >= 11 is 0. The fourth-order valence-electron chi connectivity index (χ4n) is 8.88. The maximum Gasteiger partial charge on any atom is 0.164 e. The van der Waals surface area contributed by atoms with E-state index in [1.54, 1.807) is 0 Å². The molecule has 0 N–H and O–H groups in total. The number of furan rings is 2. The maximum atomic E-state index is 6.66. The van der Waals surface area contributed by atoms with Crippen LogP contribution in [0.4, 0.5) is 0 Å². The van der Waals surface area contributed by atoms with Crippen molar-refractivity contribution in [2.75, 3.05) is 0 Å². The molecule has 2 unspecified atom stereocenters. The summed E-state index contributed by atoms with van der Waals surface area (Å²) in [5.74, 6) is 4.51. The highest BCUT2D eigenvalue weighted by Gasteiger charge is 2.30. The Morgan fingerprint density at radius 2 is 1.48 bits per heavy atom. The number of nitrogens with zero attached hydrogens (tertiary/aromatic N) is 3. The number of fused-ring (bicyclic) bond motifs is 7. The van der Waals surface area contributed by atoms with Gasteiger partial charge in [-0.1, -0.05) is 135 Å². The molecule has 8 aromatic rings. The summed E-state index contributed by atoms with van der Waals surface area (Å²) in [5.41, 5.74) is 10.3. The van der Waals surface area contributed by atoms with E-state index in [4.69, 9.17) is 23.8 Å². The van der Waals surface area contributed by atoms with Gasteiger partial charge in [0.05, 0.1) is 0 Å². The number of aryl methyl sites for hydroxylation is 1. The molecule has 0 amide bonds. The maximum absolute atomic E-state index is 6.66. The molecule has 3 aliphatic rings. The number of hydrogen-bond donors (Lipinski definition) is 0. The Morgan fingerprint density at radius 1 is 0.679 bits per heavy atom. The summed E-state index contributed by atoms with van der Waals surface area (Å²) in [6.07, 6.45) is 17.2. The highest BCUT2D eigenvalue weighted by Crippen LogP contribution is 2.45. The minimum absolute atomic E-state index is 0.121. The highest BCUT2D eigenvalue weighted by molar-refractivity contribution is 6.13. The lowest BCUT2D eigenvalue weighted by Gasteiger charge is -2.28. The summed E-state index contributed by atoms with van der Waals surface area (Å²) in [7, 11) is 0. The van der Waals surface area contributed by atoms with E-state index in [0.29, 0.717) is 23.4 Å². The third-order valence-corrected chi connectivity index (χ3v) is 11.9. The number of rotatable bonds is 5. The van der Waals surface area contributed by atoms with Crippen LogP contribution in [0.5, 0.6) is 0 Å². The minimum atomic E-state index is -0.121. The summed E-state index contributed by atoms with van der Waals surface area (Å²) in [6.45, 7) is 4.53. The zero-order valence-corrected chi connectivity index (χ0v) is 31.4. The van der Waals surface area contributed by atoms with Crippen molar-refractivity contribution in [3.8, 4) is 22.8 Å². The Morgan fingerprint density at radius 3 is 2.36 bits per heavy atom. The van der Waals surface area contributed by atoms with Crippen LogP contribution in [0.25, 0.3) is 72.7 Å². The zero-order chi connectivity index (χ0) is 37.4. The van der Waals surface area contributed by atoms with Gasteiger partial charge in [-0.25, -0.2) is 15.0 Å². The smallest absolute Gasteiger partial charge is 0.164 e. The summed E-state index contributed by atoms with van der Waals surface area (Å²) in [4.78, 5) is 15.9. The predicted molar refractivity (Wildman–Crippen MR) is 227 cm³/mol. The summed E-state index contributed by atoms with van der Waals surface area (Å²) in [6, 6.07) is 38.3. The van der Waals surface area contributed by atoms with Gasteiger partial charge in [0, 0.05) is 56.9 Å². The molecule has 2 atom stereocenters. The minimum Gasteiger partial charge on any atom is -0.465 e. The molecule has 3 heterocycles. The van der Waals surface area contributed by atoms with E-state index in [9.17, 15) is 0 Å². The normalized spacial score (nSPS) is 18.9. The van der Waals surface area contributed by atoms with Gasteiger partial charge < -0.3 is 8.83 Å². The molecule has 3 aromatic heterocycles. The molecule has 0 spiro atoms. The first kappa shape index (κ1) is 32.8. The molecule has 5 heteroatoms. The van der Waals surface area contributed by atoms with E-state index in [0.717, 1.165) is 86.8 Å². The lowest BCUT2D eigenvalue weighted by atomic mass is 9.76. The first-order chi connectivity index (χ1) is 27.5. The molecule has 11 rings (SSSR count).